The monoisotopic (exact) mass is 395 g/mol. The highest BCUT2D eigenvalue weighted by Crippen LogP contribution is 2.26. The van der Waals surface area contributed by atoms with Gasteiger partial charge in [0.1, 0.15) is 0 Å². The van der Waals surface area contributed by atoms with Crippen LogP contribution in [0.4, 0.5) is 5.82 Å². The summed E-state index contributed by atoms with van der Waals surface area (Å²) in [5.74, 6) is 1.04. The van der Waals surface area contributed by atoms with Crippen molar-refractivity contribution < 1.29 is 9.53 Å². The van der Waals surface area contributed by atoms with Crippen molar-refractivity contribution in [2.45, 2.75) is 32.1 Å². The first-order valence-corrected chi connectivity index (χ1v) is 9.40. The molecule has 0 radical (unpaired) electrons. The first-order chi connectivity index (χ1) is 14.1. The molecule has 3 N–H and O–H groups in total. The molecule has 150 valence electrons. The van der Waals surface area contributed by atoms with Crippen LogP contribution in [0, 0.1) is 6.92 Å². The van der Waals surface area contributed by atoms with Crippen LogP contribution in [0.5, 0.6) is 0 Å². The van der Waals surface area contributed by atoms with E-state index in [1.165, 1.54) is 0 Å². The van der Waals surface area contributed by atoms with Crippen LogP contribution in [-0.2, 0) is 16.0 Å². The second kappa shape index (κ2) is 8.31. The molecule has 0 unspecified atom stereocenters. The summed E-state index contributed by atoms with van der Waals surface area (Å²) in [6.45, 7) is 3.14. The molecule has 1 amide bonds. The Bertz CT molecular complexity index is 1060. The maximum atomic E-state index is 12.5. The predicted octanol–water partition coefficient (Wildman–Crippen LogP) is 1.33. The fraction of sp³-hybridized carbons (Fsp3) is 0.368. The van der Waals surface area contributed by atoms with Gasteiger partial charge >= 0.3 is 0 Å². The number of carbonyl (C=O) groups excluding carboxylic acids is 1. The Morgan fingerprint density at radius 3 is 2.76 bits per heavy atom. The molecule has 1 aliphatic rings. The van der Waals surface area contributed by atoms with Gasteiger partial charge in [0.15, 0.2) is 17.5 Å². The van der Waals surface area contributed by atoms with Crippen LogP contribution >= 0.6 is 0 Å². The Hall–Kier alpha value is -3.40. The number of amides is 1. The van der Waals surface area contributed by atoms with Gasteiger partial charge in [-0.15, -0.1) is 0 Å². The summed E-state index contributed by atoms with van der Waals surface area (Å²) in [6.07, 6.45) is 4.87. The van der Waals surface area contributed by atoms with E-state index in [1.807, 2.05) is 6.07 Å². The topological polar surface area (TPSA) is 139 Å². The van der Waals surface area contributed by atoms with Gasteiger partial charge in [0.05, 0.1) is 6.42 Å². The third-order valence-corrected chi connectivity index (χ3v) is 4.86. The minimum Gasteiger partial charge on any atom is -0.381 e. The molecule has 3 aromatic heterocycles. The molecule has 0 atom stereocenters. The number of nitrogens with zero attached hydrogens (tertiary/aromatic N) is 4. The van der Waals surface area contributed by atoms with Gasteiger partial charge in [0.2, 0.25) is 5.91 Å². The predicted molar refractivity (Wildman–Crippen MR) is 104 cm³/mol. The molecule has 4 rings (SSSR count). The number of ether oxygens (including phenoxy) is 1. The molecule has 1 aliphatic heterocycles. The van der Waals surface area contributed by atoms with Gasteiger partial charge in [-0.1, -0.05) is 0 Å². The lowest BCUT2D eigenvalue weighted by Gasteiger charge is -2.20. The molecule has 1 fully saturated rings. The average Bonchev–Trinajstić information content (AvgIpc) is 3.20. The zero-order chi connectivity index (χ0) is 20.2. The minimum absolute atomic E-state index is 0.108. The van der Waals surface area contributed by atoms with Crippen molar-refractivity contribution in [2.75, 3.05) is 18.5 Å². The van der Waals surface area contributed by atoms with Gasteiger partial charge in [-0.05, 0) is 25.8 Å². The van der Waals surface area contributed by atoms with Crippen molar-refractivity contribution in [3.05, 3.63) is 51.8 Å². The van der Waals surface area contributed by atoms with E-state index in [4.69, 9.17) is 4.74 Å². The molecule has 1 saturated heterocycles. The summed E-state index contributed by atoms with van der Waals surface area (Å²) >= 11 is 0. The van der Waals surface area contributed by atoms with Crippen molar-refractivity contribution in [1.29, 1.82) is 0 Å². The van der Waals surface area contributed by atoms with E-state index in [1.54, 1.807) is 25.4 Å². The van der Waals surface area contributed by atoms with Crippen LogP contribution < -0.4 is 10.9 Å². The molecule has 29 heavy (non-hydrogen) atoms. The van der Waals surface area contributed by atoms with Gasteiger partial charge in [0, 0.05) is 54.5 Å². The Kier molecular flexibility index (Phi) is 5.43. The molecule has 0 bridgehead atoms. The summed E-state index contributed by atoms with van der Waals surface area (Å²) in [5.41, 5.74) is 1.34. The lowest BCUT2D eigenvalue weighted by atomic mass is 9.97. The largest absolute Gasteiger partial charge is 0.381 e. The summed E-state index contributed by atoms with van der Waals surface area (Å²) < 4.78 is 5.37. The third-order valence-electron chi connectivity index (χ3n) is 4.86. The number of hydrogen-bond donors (Lipinski definition) is 3. The van der Waals surface area contributed by atoms with Gasteiger partial charge in [-0.2, -0.15) is 5.10 Å². The van der Waals surface area contributed by atoms with Crippen LogP contribution in [0.2, 0.25) is 0 Å². The number of H-pyrrole nitrogens is 2. The molecule has 0 aromatic carbocycles. The Balaban J connectivity index is 1.45. The zero-order valence-corrected chi connectivity index (χ0v) is 15.9. The van der Waals surface area contributed by atoms with Crippen molar-refractivity contribution in [1.82, 2.24) is 30.1 Å². The van der Waals surface area contributed by atoms with E-state index in [0.29, 0.717) is 28.8 Å². The highest BCUT2D eigenvalue weighted by Gasteiger charge is 2.19. The molecular formula is C19H21N7O3. The lowest BCUT2D eigenvalue weighted by Crippen LogP contribution is -2.24. The normalized spacial score (nSPS) is 14.7. The van der Waals surface area contributed by atoms with Gasteiger partial charge < -0.3 is 15.0 Å². The Morgan fingerprint density at radius 1 is 1.28 bits per heavy atom. The van der Waals surface area contributed by atoms with Crippen LogP contribution in [0.1, 0.15) is 35.7 Å². The number of rotatable bonds is 5. The smallest absolute Gasteiger partial charge is 0.255 e. The van der Waals surface area contributed by atoms with Gasteiger partial charge in [-0.25, -0.2) is 15.0 Å². The number of aromatic nitrogens is 6. The number of aromatic amines is 2. The number of carbonyl (C=O) groups is 1. The maximum Gasteiger partial charge on any atom is 0.255 e. The van der Waals surface area contributed by atoms with E-state index in [2.05, 4.69) is 35.5 Å². The number of aryl methyl sites for hydroxylation is 1. The quantitative estimate of drug-likeness (QED) is 0.592. The second-order valence-corrected chi connectivity index (χ2v) is 6.87. The molecule has 0 aliphatic carbocycles. The fourth-order valence-electron chi connectivity index (χ4n) is 3.31. The summed E-state index contributed by atoms with van der Waals surface area (Å²) in [6, 6.07) is 3.51. The van der Waals surface area contributed by atoms with Crippen molar-refractivity contribution in [2.24, 2.45) is 0 Å². The Labute approximate surface area is 166 Å². The van der Waals surface area contributed by atoms with Crippen LogP contribution in [0.15, 0.2) is 29.3 Å². The lowest BCUT2D eigenvalue weighted by molar-refractivity contribution is -0.115. The minimum atomic E-state index is -0.389. The summed E-state index contributed by atoms with van der Waals surface area (Å²) in [5, 5.41) is 9.87. The molecule has 10 heteroatoms. The highest BCUT2D eigenvalue weighted by atomic mass is 16.5. The standard InChI is InChI=1S/C19H21N7O3/c1-11-13(19(28)24-18(22-11)17-20-5-2-6-21-17)9-16(27)23-15-10-14(25-26-15)12-3-7-29-8-4-12/h2,5-6,10,12H,3-4,7-9H2,1H3,(H,22,24,28)(H2,23,25,26,27). The number of nitrogens with one attached hydrogen (secondary N) is 3. The first-order valence-electron chi connectivity index (χ1n) is 9.40. The van der Waals surface area contributed by atoms with Gasteiger partial charge in [-0.3, -0.25) is 14.7 Å². The zero-order valence-electron chi connectivity index (χ0n) is 15.9. The van der Waals surface area contributed by atoms with Crippen molar-refractivity contribution in [3.8, 4) is 11.6 Å². The molecular weight excluding hydrogens is 374 g/mol. The van der Waals surface area contributed by atoms with E-state index in [9.17, 15) is 9.59 Å². The molecule has 0 spiro atoms. The maximum absolute atomic E-state index is 12.5. The summed E-state index contributed by atoms with van der Waals surface area (Å²) in [7, 11) is 0. The van der Waals surface area contributed by atoms with E-state index in [-0.39, 0.29) is 23.7 Å². The Morgan fingerprint density at radius 2 is 2.03 bits per heavy atom. The van der Waals surface area contributed by atoms with E-state index < -0.39 is 0 Å². The van der Waals surface area contributed by atoms with Crippen molar-refractivity contribution in [3.63, 3.8) is 0 Å². The molecule has 4 heterocycles. The third kappa shape index (κ3) is 4.37. The van der Waals surface area contributed by atoms with E-state index in [0.717, 1.165) is 31.7 Å². The van der Waals surface area contributed by atoms with E-state index >= 15 is 0 Å². The number of anilines is 1. The van der Waals surface area contributed by atoms with Gasteiger partial charge in [0.25, 0.3) is 5.56 Å². The molecule has 10 nitrogen and oxygen atoms in total. The van der Waals surface area contributed by atoms with Crippen molar-refractivity contribution >= 4 is 11.7 Å². The average molecular weight is 395 g/mol. The second-order valence-electron chi connectivity index (χ2n) is 6.87. The van der Waals surface area contributed by atoms with Crippen LogP contribution in [0.25, 0.3) is 11.6 Å². The summed E-state index contributed by atoms with van der Waals surface area (Å²) in [4.78, 5) is 40.0. The fourth-order valence-corrected chi connectivity index (χ4v) is 3.31. The molecule has 3 aromatic rings. The van der Waals surface area contributed by atoms with Crippen LogP contribution in [-0.4, -0.2) is 49.3 Å². The number of hydrogen-bond acceptors (Lipinski definition) is 7. The van der Waals surface area contributed by atoms with Crippen LogP contribution in [0.3, 0.4) is 0 Å². The first kappa shape index (κ1) is 18.9. The SMILES string of the molecule is Cc1nc(-c2ncccn2)[nH]c(=O)c1CC(=O)Nc1cc(C2CCOCC2)[nH]n1. The highest BCUT2D eigenvalue weighted by molar-refractivity contribution is 5.91. The molecule has 0 saturated carbocycles.